The molecule has 0 saturated heterocycles. The van der Waals surface area contributed by atoms with Crippen LogP contribution in [0.25, 0.3) is 0 Å². The number of aliphatic hydroxyl groups is 1. The summed E-state index contributed by atoms with van der Waals surface area (Å²) in [5.74, 6) is -0.512. The van der Waals surface area contributed by atoms with Gasteiger partial charge in [-0.05, 0) is 13.3 Å². The van der Waals surface area contributed by atoms with Crippen LogP contribution >= 0.6 is 0 Å². The minimum absolute atomic E-state index is 0. The molecular formula is C10H20ClNO3. The summed E-state index contributed by atoms with van der Waals surface area (Å²) in [5, 5.41) is 9.60. The number of rotatable bonds is 5. The van der Waals surface area contributed by atoms with E-state index in [4.69, 9.17) is 4.74 Å². The number of nitrogens with zero attached hydrogens (tertiary/aromatic N) is 1. The Morgan fingerprint density at radius 1 is 1.53 bits per heavy atom. The van der Waals surface area contributed by atoms with Crippen molar-refractivity contribution >= 4 is 5.97 Å². The third kappa shape index (κ3) is 6.49. The van der Waals surface area contributed by atoms with E-state index >= 15 is 0 Å². The van der Waals surface area contributed by atoms with Gasteiger partial charge in [-0.2, -0.15) is 0 Å². The fraction of sp³-hybridized carbons (Fsp3) is 0.700. The maximum absolute atomic E-state index is 11.0. The first-order valence-corrected chi connectivity index (χ1v) is 4.78. The zero-order chi connectivity index (χ0) is 11.2. The molecular weight excluding hydrogens is 218 g/mol. The highest BCUT2D eigenvalue weighted by Gasteiger charge is 2.27. The molecule has 15 heavy (non-hydrogen) atoms. The SMILES string of the molecule is CC=CC(=O)OC(O)[N+](C)(C)CCC.[Cl-]. The van der Waals surface area contributed by atoms with Crippen molar-refractivity contribution in [2.75, 3.05) is 20.6 Å². The molecule has 0 aliphatic heterocycles. The average molecular weight is 238 g/mol. The Morgan fingerprint density at radius 2 is 2.07 bits per heavy atom. The maximum Gasteiger partial charge on any atom is 0.351 e. The summed E-state index contributed by atoms with van der Waals surface area (Å²) in [4.78, 5) is 11.0. The first kappa shape index (κ1) is 16.8. The van der Waals surface area contributed by atoms with Gasteiger partial charge in [-0.15, -0.1) is 0 Å². The Balaban J connectivity index is 0. The zero-order valence-corrected chi connectivity index (χ0v) is 10.5. The molecule has 0 radical (unpaired) electrons. The van der Waals surface area contributed by atoms with Crippen LogP contribution in [0.2, 0.25) is 0 Å². The number of esters is 1. The second-order valence-electron chi connectivity index (χ2n) is 3.77. The number of ether oxygens (including phenoxy) is 1. The molecule has 5 heteroatoms. The van der Waals surface area contributed by atoms with Crippen molar-refractivity contribution in [1.82, 2.24) is 0 Å². The topological polar surface area (TPSA) is 46.5 Å². The molecule has 0 heterocycles. The van der Waals surface area contributed by atoms with Crippen molar-refractivity contribution in [1.29, 1.82) is 0 Å². The predicted molar refractivity (Wildman–Crippen MR) is 54.2 cm³/mol. The highest BCUT2D eigenvalue weighted by molar-refractivity contribution is 5.81. The van der Waals surface area contributed by atoms with E-state index in [1.165, 1.54) is 6.08 Å². The third-order valence-corrected chi connectivity index (χ3v) is 1.92. The highest BCUT2D eigenvalue weighted by Crippen LogP contribution is 2.07. The molecule has 0 saturated carbocycles. The molecule has 1 N–H and O–H groups in total. The van der Waals surface area contributed by atoms with Gasteiger partial charge in [0, 0.05) is 6.08 Å². The minimum Gasteiger partial charge on any atom is -1.00 e. The third-order valence-electron chi connectivity index (χ3n) is 1.92. The number of allylic oxidation sites excluding steroid dienone is 1. The van der Waals surface area contributed by atoms with Gasteiger partial charge in [0.05, 0.1) is 20.6 Å². The van der Waals surface area contributed by atoms with E-state index in [0.29, 0.717) is 0 Å². The molecule has 0 aromatic heterocycles. The number of hydrogen-bond donors (Lipinski definition) is 1. The molecule has 0 bridgehead atoms. The van der Waals surface area contributed by atoms with Gasteiger partial charge < -0.3 is 22.3 Å². The van der Waals surface area contributed by atoms with Crippen LogP contribution < -0.4 is 12.4 Å². The van der Waals surface area contributed by atoms with Gasteiger partial charge in [0.15, 0.2) is 0 Å². The van der Waals surface area contributed by atoms with Crippen molar-refractivity contribution in [3.8, 4) is 0 Å². The van der Waals surface area contributed by atoms with Crippen molar-refractivity contribution in [3.63, 3.8) is 0 Å². The summed E-state index contributed by atoms with van der Waals surface area (Å²) >= 11 is 0. The molecule has 1 atom stereocenters. The van der Waals surface area contributed by atoms with E-state index in [1.807, 2.05) is 21.0 Å². The summed E-state index contributed by atoms with van der Waals surface area (Å²) in [5.41, 5.74) is 0. The van der Waals surface area contributed by atoms with E-state index in [0.717, 1.165) is 13.0 Å². The van der Waals surface area contributed by atoms with Crippen molar-refractivity contribution in [2.24, 2.45) is 0 Å². The molecule has 90 valence electrons. The molecule has 4 nitrogen and oxygen atoms in total. The number of carbonyl (C=O) groups is 1. The smallest absolute Gasteiger partial charge is 0.351 e. The summed E-state index contributed by atoms with van der Waals surface area (Å²) < 4.78 is 5.07. The zero-order valence-electron chi connectivity index (χ0n) is 9.74. The van der Waals surface area contributed by atoms with Crippen LogP contribution in [-0.4, -0.2) is 42.6 Å². The number of hydrogen-bond acceptors (Lipinski definition) is 3. The molecule has 0 rings (SSSR count). The Bertz CT molecular complexity index is 217. The highest BCUT2D eigenvalue weighted by atomic mass is 35.5. The van der Waals surface area contributed by atoms with Crippen LogP contribution in [0.15, 0.2) is 12.2 Å². The van der Waals surface area contributed by atoms with Crippen LogP contribution in [0.4, 0.5) is 0 Å². The second-order valence-corrected chi connectivity index (χ2v) is 3.77. The van der Waals surface area contributed by atoms with E-state index in [9.17, 15) is 9.90 Å². The second kappa shape index (κ2) is 7.68. The first-order chi connectivity index (χ1) is 6.44. The van der Waals surface area contributed by atoms with Gasteiger partial charge in [-0.1, -0.05) is 13.0 Å². The van der Waals surface area contributed by atoms with Gasteiger partial charge in [0.2, 0.25) is 0 Å². The molecule has 0 aromatic rings. The van der Waals surface area contributed by atoms with Crippen LogP contribution in [0.1, 0.15) is 20.3 Å². The van der Waals surface area contributed by atoms with Gasteiger partial charge >= 0.3 is 12.4 Å². The van der Waals surface area contributed by atoms with E-state index in [1.54, 1.807) is 13.0 Å². The van der Waals surface area contributed by atoms with Gasteiger partial charge in [-0.3, -0.25) is 4.48 Å². The van der Waals surface area contributed by atoms with E-state index in [2.05, 4.69) is 0 Å². The molecule has 0 aromatic carbocycles. The van der Waals surface area contributed by atoms with Crippen molar-refractivity contribution in [2.45, 2.75) is 26.7 Å². The summed E-state index contributed by atoms with van der Waals surface area (Å²) in [7, 11) is 3.63. The van der Waals surface area contributed by atoms with Crippen molar-refractivity contribution < 1.29 is 31.5 Å². The van der Waals surface area contributed by atoms with Crippen LogP contribution in [0, 0.1) is 0 Å². The lowest BCUT2D eigenvalue weighted by Gasteiger charge is -2.32. The molecule has 0 aliphatic rings. The molecule has 0 amide bonds. The predicted octanol–water partition coefficient (Wildman–Crippen LogP) is -2.13. The molecule has 0 aliphatic carbocycles. The summed E-state index contributed by atoms with van der Waals surface area (Å²) in [6.07, 6.45) is 2.69. The summed E-state index contributed by atoms with van der Waals surface area (Å²) in [6, 6.07) is 0. The Kier molecular flexibility index (Phi) is 8.62. The number of carbonyl (C=O) groups excluding carboxylic acids is 1. The van der Waals surface area contributed by atoms with Gasteiger partial charge in [0.25, 0.3) is 0 Å². The Morgan fingerprint density at radius 3 is 2.47 bits per heavy atom. The summed E-state index contributed by atoms with van der Waals surface area (Å²) in [6.45, 7) is 4.49. The van der Waals surface area contributed by atoms with Crippen LogP contribution in [0.5, 0.6) is 0 Å². The Labute approximate surface area is 97.5 Å². The maximum atomic E-state index is 11.0. The minimum atomic E-state index is -1.10. The monoisotopic (exact) mass is 237 g/mol. The number of halogens is 1. The molecule has 1 unspecified atom stereocenters. The normalized spacial score (nSPS) is 13.4. The molecule has 0 fully saturated rings. The fourth-order valence-electron chi connectivity index (χ4n) is 1.11. The first-order valence-electron chi connectivity index (χ1n) is 4.78. The molecule has 0 spiro atoms. The lowest BCUT2D eigenvalue weighted by molar-refractivity contribution is -0.958. The van der Waals surface area contributed by atoms with E-state index < -0.39 is 12.4 Å². The van der Waals surface area contributed by atoms with Crippen molar-refractivity contribution in [3.05, 3.63) is 12.2 Å². The fourth-order valence-corrected chi connectivity index (χ4v) is 1.11. The van der Waals surface area contributed by atoms with Crippen LogP contribution in [0.3, 0.4) is 0 Å². The lowest BCUT2D eigenvalue weighted by Crippen LogP contribution is -3.00. The lowest BCUT2D eigenvalue weighted by atomic mass is 10.4. The average Bonchev–Trinajstić information content (AvgIpc) is 2.04. The number of quaternary nitrogens is 1. The van der Waals surface area contributed by atoms with Crippen LogP contribution in [-0.2, 0) is 9.53 Å². The standard InChI is InChI=1S/C10H20NO3.ClH/c1-5-7-9(12)14-10(13)11(3,4)8-6-2;/h5,7,10,13H,6,8H2,1-4H3;1H/q+1;/p-1. The van der Waals surface area contributed by atoms with Gasteiger partial charge in [0.1, 0.15) is 0 Å². The number of aliphatic hydroxyl groups excluding tert-OH is 1. The quantitative estimate of drug-likeness (QED) is 0.257. The van der Waals surface area contributed by atoms with E-state index in [-0.39, 0.29) is 16.9 Å². The Hall–Kier alpha value is -0.580. The largest absolute Gasteiger partial charge is 1.00 e. The van der Waals surface area contributed by atoms with Gasteiger partial charge in [-0.25, -0.2) is 4.79 Å².